The van der Waals surface area contributed by atoms with Crippen molar-refractivity contribution in [1.82, 2.24) is 5.32 Å². The maximum absolute atomic E-state index is 12.0. The predicted molar refractivity (Wildman–Crippen MR) is 68.7 cm³/mol. The first kappa shape index (κ1) is 12.7. The maximum Gasteiger partial charge on any atom is 0.255 e. The molecule has 98 valence electrons. The average molecular weight is 250 g/mol. The van der Waals surface area contributed by atoms with Crippen LogP contribution in [0.2, 0.25) is 0 Å². The number of methoxy groups -OCH3 is 1. The Bertz CT molecular complexity index is 428. The van der Waals surface area contributed by atoms with Crippen molar-refractivity contribution in [2.45, 2.75) is 18.9 Å². The van der Waals surface area contributed by atoms with Gasteiger partial charge in [-0.1, -0.05) is 0 Å². The van der Waals surface area contributed by atoms with Crippen molar-refractivity contribution in [3.05, 3.63) is 23.8 Å². The minimum absolute atomic E-state index is 0.126. The number of ether oxygens (including phenoxy) is 2. The van der Waals surface area contributed by atoms with Crippen LogP contribution in [0.4, 0.5) is 5.69 Å². The molecule has 1 aliphatic heterocycles. The summed E-state index contributed by atoms with van der Waals surface area (Å²) in [6.07, 6.45) is 2.18. The molecule has 0 aromatic heterocycles. The molecule has 1 fully saturated rings. The highest BCUT2D eigenvalue weighted by Crippen LogP contribution is 2.21. The van der Waals surface area contributed by atoms with Crippen LogP contribution < -0.4 is 15.8 Å². The van der Waals surface area contributed by atoms with Gasteiger partial charge in [-0.05, 0) is 31.0 Å². The SMILES string of the molecule is COc1ccc(N)cc1C(=O)NC[C@H]1CCCO1. The Morgan fingerprint density at radius 3 is 3.11 bits per heavy atom. The first-order valence-corrected chi connectivity index (χ1v) is 6.04. The summed E-state index contributed by atoms with van der Waals surface area (Å²) in [7, 11) is 1.53. The monoisotopic (exact) mass is 250 g/mol. The molecule has 0 unspecified atom stereocenters. The lowest BCUT2D eigenvalue weighted by Gasteiger charge is -2.13. The number of benzene rings is 1. The van der Waals surface area contributed by atoms with Gasteiger partial charge in [0.1, 0.15) is 5.75 Å². The number of rotatable bonds is 4. The second kappa shape index (κ2) is 5.73. The van der Waals surface area contributed by atoms with Crippen molar-refractivity contribution in [2.24, 2.45) is 0 Å². The summed E-state index contributed by atoms with van der Waals surface area (Å²) in [5.41, 5.74) is 6.67. The summed E-state index contributed by atoms with van der Waals surface area (Å²) < 4.78 is 10.6. The smallest absolute Gasteiger partial charge is 0.255 e. The van der Waals surface area contributed by atoms with Gasteiger partial charge in [0, 0.05) is 18.8 Å². The molecule has 18 heavy (non-hydrogen) atoms. The van der Waals surface area contributed by atoms with Crippen LogP contribution in [0.5, 0.6) is 5.75 Å². The van der Waals surface area contributed by atoms with E-state index in [1.54, 1.807) is 18.2 Å². The fourth-order valence-corrected chi connectivity index (χ4v) is 2.01. The van der Waals surface area contributed by atoms with E-state index in [0.29, 0.717) is 23.5 Å². The summed E-state index contributed by atoms with van der Waals surface area (Å²) in [6.45, 7) is 1.30. The standard InChI is InChI=1S/C13H18N2O3/c1-17-12-5-4-9(14)7-11(12)13(16)15-8-10-3-2-6-18-10/h4-5,7,10H,2-3,6,8,14H2,1H3,(H,15,16)/t10-/m1/s1. The summed E-state index contributed by atoms with van der Waals surface area (Å²) in [6, 6.07) is 5.01. The third kappa shape index (κ3) is 2.92. The molecule has 0 spiro atoms. The molecule has 0 bridgehead atoms. The summed E-state index contributed by atoms with van der Waals surface area (Å²) in [4.78, 5) is 12.0. The van der Waals surface area contributed by atoms with Gasteiger partial charge >= 0.3 is 0 Å². The van der Waals surface area contributed by atoms with Crippen molar-refractivity contribution >= 4 is 11.6 Å². The molecular weight excluding hydrogens is 232 g/mol. The number of hydrogen-bond acceptors (Lipinski definition) is 4. The molecule has 3 N–H and O–H groups in total. The molecular formula is C13H18N2O3. The van der Waals surface area contributed by atoms with Gasteiger partial charge in [-0.15, -0.1) is 0 Å². The van der Waals surface area contributed by atoms with Gasteiger partial charge in [-0.25, -0.2) is 0 Å². The number of amides is 1. The molecule has 1 atom stereocenters. The van der Waals surface area contributed by atoms with E-state index in [1.165, 1.54) is 7.11 Å². The molecule has 5 heteroatoms. The van der Waals surface area contributed by atoms with Crippen LogP contribution in [0.1, 0.15) is 23.2 Å². The van der Waals surface area contributed by atoms with Gasteiger partial charge in [-0.3, -0.25) is 4.79 Å². The zero-order valence-electron chi connectivity index (χ0n) is 10.4. The van der Waals surface area contributed by atoms with Gasteiger partial charge < -0.3 is 20.5 Å². The predicted octanol–water partition coefficient (Wildman–Crippen LogP) is 1.19. The van der Waals surface area contributed by atoms with E-state index in [4.69, 9.17) is 15.2 Å². The zero-order valence-corrected chi connectivity index (χ0v) is 10.4. The third-order valence-corrected chi connectivity index (χ3v) is 2.98. The Kier molecular flexibility index (Phi) is 4.04. The Hall–Kier alpha value is -1.75. The molecule has 1 heterocycles. The molecule has 0 aliphatic carbocycles. The molecule has 1 aliphatic rings. The van der Waals surface area contributed by atoms with Crippen LogP contribution in [0.15, 0.2) is 18.2 Å². The van der Waals surface area contributed by atoms with E-state index in [9.17, 15) is 4.79 Å². The van der Waals surface area contributed by atoms with E-state index in [2.05, 4.69) is 5.32 Å². The summed E-state index contributed by atoms with van der Waals surface area (Å²) >= 11 is 0. The Balaban J connectivity index is 2.00. The highest BCUT2D eigenvalue weighted by atomic mass is 16.5. The number of nitrogens with two attached hydrogens (primary N) is 1. The van der Waals surface area contributed by atoms with Crippen LogP contribution in [0.3, 0.4) is 0 Å². The van der Waals surface area contributed by atoms with Crippen molar-refractivity contribution in [3.8, 4) is 5.75 Å². The van der Waals surface area contributed by atoms with Gasteiger partial charge in [0.25, 0.3) is 5.91 Å². The molecule has 2 rings (SSSR count). The fraction of sp³-hybridized carbons (Fsp3) is 0.462. The highest BCUT2D eigenvalue weighted by molar-refractivity contribution is 5.97. The van der Waals surface area contributed by atoms with E-state index in [0.717, 1.165) is 19.4 Å². The number of carbonyl (C=O) groups is 1. The highest BCUT2D eigenvalue weighted by Gasteiger charge is 2.18. The largest absolute Gasteiger partial charge is 0.496 e. The number of carbonyl (C=O) groups excluding carboxylic acids is 1. The minimum Gasteiger partial charge on any atom is -0.496 e. The number of nitrogens with one attached hydrogen (secondary N) is 1. The topological polar surface area (TPSA) is 73.6 Å². The van der Waals surface area contributed by atoms with E-state index in [-0.39, 0.29) is 12.0 Å². The first-order chi connectivity index (χ1) is 8.70. The average Bonchev–Trinajstić information content (AvgIpc) is 2.89. The fourth-order valence-electron chi connectivity index (χ4n) is 2.01. The second-order valence-electron chi connectivity index (χ2n) is 4.30. The first-order valence-electron chi connectivity index (χ1n) is 6.04. The Morgan fingerprint density at radius 2 is 2.44 bits per heavy atom. The molecule has 1 aromatic rings. The van der Waals surface area contributed by atoms with Crippen LogP contribution in [0, 0.1) is 0 Å². The lowest BCUT2D eigenvalue weighted by atomic mass is 10.1. The van der Waals surface area contributed by atoms with Crippen molar-refractivity contribution in [2.75, 3.05) is 26.0 Å². The van der Waals surface area contributed by atoms with Gasteiger partial charge in [0.15, 0.2) is 0 Å². The summed E-state index contributed by atoms with van der Waals surface area (Å²) in [5.74, 6) is 0.337. The second-order valence-corrected chi connectivity index (χ2v) is 4.30. The zero-order chi connectivity index (χ0) is 13.0. The number of hydrogen-bond donors (Lipinski definition) is 2. The van der Waals surface area contributed by atoms with Crippen LogP contribution >= 0.6 is 0 Å². The lowest BCUT2D eigenvalue weighted by molar-refractivity contribution is 0.0855. The van der Waals surface area contributed by atoms with E-state index in [1.807, 2.05) is 0 Å². The number of anilines is 1. The van der Waals surface area contributed by atoms with Crippen molar-refractivity contribution in [1.29, 1.82) is 0 Å². The minimum atomic E-state index is -0.186. The lowest BCUT2D eigenvalue weighted by Crippen LogP contribution is -2.32. The quantitative estimate of drug-likeness (QED) is 0.787. The number of nitrogen functional groups attached to an aromatic ring is 1. The van der Waals surface area contributed by atoms with Crippen LogP contribution in [-0.4, -0.2) is 32.3 Å². The van der Waals surface area contributed by atoms with Crippen LogP contribution in [-0.2, 0) is 4.74 Å². The Labute approximate surface area is 106 Å². The maximum atomic E-state index is 12.0. The van der Waals surface area contributed by atoms with Gasteiger partial charge in [0.05, 0.1) is 18.8 Å². The molecule has 0 saturated carbocycles. The molecule has 0 radical (unpaired) electrons. The summed E-state index contributed by atoms with van der Waals surface area (Å²) in [5, 5.41) is 2.84. The third-order valence-electron chi connectivity index (χ3n) is 2.98. The molecule has 1 amide bonds. The van der Waals surface area contributed by atoms with Crippen molar-refractivity contribution < 1.29 is 14.3 Å². The van der Waals surface area contributed by atoms with Gasteiger partial charge in [0.2, 0.25) is 0 Å². The Morgan fingerprint density at radius 1 is 1.61 bits per heavy atom. The van der Waals surface area contributed by atoms with E-state index >= 15 is 0 Å². The normalized spacial score (nSPS) is 18.6. The molecule has 1 saturated heterocycles. The van der Waals surface area contributed by atoms with Crippen LogP contribution in [0.25, 0.3) is 0 Å². The van der Waals surface area contributed by atoms with E-state index < -0.39 is 0 Å². The molecule has 5 nitrogen and oxygen atoms in total. The molecule has 1 aromatic carbocycles. The van der Waals surface area contributed by atoms with Gasteiger partial charge in [-0.2, -0.15) is 0 Å². The van der Waals surface area contributed by atoms with Crippen molar-refractivity contribution in [3.63, 3.8) is 0 Å².